The Labute approximate surface area is 239 Å². The van der Waals surface area contributed by atoms with E-state index >= 15 is 0 Å². The van der Waals surface area contributed by atoms with Gasteiger partial charge in [-0.15, -0.1) is 0 Å². The summed E-state index contributed by atoms with van der Waals surface area (Å²) in [6.45, 7) is 6.97. The number of ether oxygens (including phenoxy) is 2. The van der Waals surface area contributed by atoms with Gasteiger partial charge < -0.3 is 14.0 Å². The third kappa shape index (κ3) is 15.1. The molecule has 0 aliphatic rings. The predicted octanol–water partition coefficient (Wildman–Crippen LogP) is 8.76. The maximum absolute atomic E-state index is 12.7. The average Bonchev–Trinajstić information content (AvgIpc) is 2.93. The van der Waals surface area contributed by atoms with Crippen LogP contribution >= 0.6 is 0 Å². The van der Waals surface area contributed by atoms with Gasteiger partial charge >= 0.3 is 5.97 Å². The number of nitrogens with zero attached hydrogens (tertiary/aromatic N) is 1. The summed E-state index contributed by atoms with van der Waals surface area (Å²) in [6.07, 6.45) is 16.4. The second-order valence-corrected chi connectivity index (χ2v) is 11.8. The van der Waals surface area contributed by atoms with Crippen LogP contribution in [0.2, 0.25) is 0 Å². The van der Waals surface area contributed by atoms with Gasteiger partial charge in [-0.2, -0.15) is 0 Å². The second-order valence-electron chi connectivity index (χ2n) is 11.8. The first-order valence-corrected chi connectivity index (χ1v) is 15.7. The summed E-state index contributed by atoms with van der Waals surface area (Å²) in [5.41, 5.74) is 2.67. The van der Waals surface area contributed by atoms with Gasteiger partial charge in [0.1, 0.15) is 18.2 Å². The smallest absolute Gasteiger partial charge is 0.314 e. The fourth-order valence-electron chi connectivity index (χ4n) is 5.22. The average molecular weight is 539 g/mol. The lowest BCUT2D eigenvalue weighted by Gasteiger charge is -2.32. The molecular weight excluding hydrogens is 482 g/mol. The topological polar surface area (TPSA) is 35.5 Å². The molecule has 0 heterocycles. The highest BCUT2D eigenvalue weighted by Crippen LogP contribution is 2.18. The van der Waals surface area contributed by atoms with Crippen molar-refractivity contribution in [2.45, 2.75) is 104 Å². The molecule has 0 bridgehead atoms. The van der Waals surface area contributed by atoms with Crippen LogP contribution in [0.4, 0.5) is 0 Å². The first kappa shape index (κ1) is 32.9. The molecule has 0 aliphatic carbocycles. The monoisotopic (exact) mass is 538 g/mol. The number of hydrogen-bond donors (Lipinski definition) is 0. The van der Waals surface area contributed by atoms with E-state index in [0.717, 1.165) is 36.2 Å². The minimum atomic E-state index is -0.0901. The van der Waals surface area contributed by atoms with Crippen molar-refractivity contribution < 1.29 is 18.8 Å². The lowest BCUT2D eigenvalue weighted by atomic mass is 10.0. The summed E-state index contributed by atoms with van der Waals surface area (Å²) in [5.74, 6) is 0.709. The first-order valence-electron chi connectivity index (χ1n) is 15.7. The van der Waals surface area contributed by atoms with Gasteiger partial charge in [-0.3, -0.25) is 4.79 Å². The van der Waals surface area contributed by atoms with Crippen molar-refractivity contribution in [3.8, 4) is 5.75 Å². The van der Waals surface area contributed by atoms with E-state index in [4.69, 9.17) is 9.47 Å². The zero-order valence-corrected chi connectivity index (χ0v) is 25.5. The fraction of sp³-hybridized carbons (Fsp3) is 0.629. The molecule has 4 nitrogen and oxygen atoms in total. The number of quaternary nitrogens is 1. The van der Waals surface area contributed by atoms with Gasteiger partial charge in [-0.25, -0.2) is 0 Å². The summed E-state index contributed by atoms with van der Waals surface area (Å²) in [5, 5.41) is 0. The van der Waals surface area contributed by atoms with Gasteiger partial charge in [-0.1, -0.05) is 114 Å². The lowest BCUT2D eigenvalue weighted by molar-refractivity contribution is -0.906. The lowest BCUT2D eigenvalue weighted by Crippen LogP contribution is -2.44. The van der Waals surface area contributed by atoms with Crippen LogP contribution in [0, 0.1) is 5.92 Å². The van der Waals surface area contributed by atoms with E-state index in [1.807, 2.05) is 6.07 Å². The molecule has 2 rings (SSSR count). The molecule has 2 aromatic carbocycles. The summed E-state index contributed by atoms with van der Waals surface area (Å²) >= 11 is 0. The van der Waals surface area contributed by atoms with Crippen LogP contribution in [0.25, 0.3) is 0 Å². The van der Waals surface area contributed by atoms with Crippen molar-refractivity contribution in [2.24, 2.45) is 5.92 Å². The highest BCUT2D eigenvalue weighted by atomic mass is 16.5. The number of carbonyl (C=O) groups is 1. The predicted molar refractivity (Wildman–Crippen MR) is 164 cm³/mol. The number of rotatable bonds is 22. The number of aryl methyl sites for hydroxylation is 1. The highest BCUT2D eigenvalue weighted by Gasteiger charge is 2.27. The molecule has 0 aliphatic heterocycles. The molecule has 0 aromatic heterocycles. The Balaban J connectivity index is 1.55. The maximum Gasteiger partial charge on any atom is 0.314 e. The Morgan fingerprint density at radius 1 is 0.718 bits per heavy atom. The van der Waals surface area contributed by atoms with Crippen LogP contribution in [0.15, 0.2) is 54.6 Å². The largest absolute Gasteiger partial charge is 0.493 e. The number of unbranched alkanes of at least 4 members (excludes halogenated alkanes) is 9. The van der Waals surface area contributed by atoms with Crippen LogP contribution in [-0.2, 0) is 22.5 Å². The highest BCUT2D eigenvalue weighted by molar-refractivity contribution is 5.72. The van der Waals surface area contributed by atoms with Crippen LogP contribution in [0.1, 0.15) is 102 Å². The number of esters is 1. The number of benzene rings is 2. The third-order valence-electron chi connectivity index (χ3n) is 7.54. The molecule has 0 saturated carbocycles. The molecule has 0 saturated heterocycles. The number of hydrogen-bond acceptors (Lipinski definition) is 3. The van der Waals surface area contributed by atoms with Gasteiger partial charge in [0.05, 0.1) is 33.9 Å². The van der Waals surface area contributed by atoms with Gasteiger partial charge in [0.25, 0.3) is 0 Å². The molecule has 0 spiro atoms. The van der Waals surface area contributed by atoms with Crippen molar-refractivity contribution in [2.75, 3.05) is 33.9 Å². The van der Waals surface area contributed by atoms with E-state index < -0.39 is 0 Å². The van der Waals surface area contributed by atoms with Crippen LogP contribution < -0.4 is 4.74 Å². The van der Waals surface area contributed by atoms with Crippen molar-refractivity contribution in [1.29, 1.82) is 0 Å². The minimum Gasteiger partial charge on any atom is -0.493 e. The van der Waals surface area contributed by atoms with Crippen LogP contribution in [-0.4, -0.2) is 44.3 Å². The minimum absolute atomic E-state index is 0.0897. The molecule has 39 heavy (non-hydrogen) atoms. The molecule has 4 heteroatoms. The maximum atomic E-state index is 12.7. The van der Waals surface area contributed by atoms with Gasteiger partial charge in [0, 0.05) is 12.0 Å². The molecule has 0 amide bonds. The Kier molecular flexibility index (Phi) is 16.6. The summed E-state index contributed by atoms with van der Waals surface area (Å²) in [6, 6.07) is 19.0. The molecule has 2 aromatic rings. The first-order chi connectivity index (χ1) is 18.9. The summed E-state index contributed by atoms with van der Waals surface area (Å²) in [7, 11) is 4.36. The zero-order chi connectivity index (χ0) is 28.2. The SMILES string of the molecule is CCCCCCCCCCCCc1ccc(OCCCOC(=O)C(CC)C[N+](C)(C)Cc2ccccc2)cc1. The van der Waals surface area contributed by atoms with Crippen molar-refractivity contribution in [3.05, 3.63) is 65.7 Å². The van der Waals surface area contributed by atoms with E-state index in [2.05, 4.69) is 76.5 Å². The zero-order valence-electron chi connectivity index (χ0n) is 25.5. The molecule has 1 atom stereocenters. The van der Waals surface area contributed by atoms with E-state index in [-0.39, 0.29) is 11.9 Å². The van der Waals surface area contributed by atoms with E-state index in [1.54, 1.807) is 0 Å². The second kappa shape index (κ2) is 19.7. The fourth-order valence-corrected chi connectivity index (χ4v) is 5.22. The quantitative estimate of drug-likeness (QED) is 0.0854. The summed E-state index contributed by atoms with van der Waals surface area (Å²) in [4.78, 5) is 12.7. The van der Waals surface area contributed by atoms with Gasteiger partial charge in [0.2, 0.25) is 0 Å². The normalized spacial score (nSPS) is 12.3. The van der Waals surface area contributed by atoms with Crippen molar-refractivity contribution in [1.82, 2.24) is 0 Å². The molecular formula is C35H56NO3+. The Hall–Kier alpha value is -2.33. The van der Waals surface area contributed by atoms with E-state index in [0.29, 0.717) is 19.6 Å². The van der Waals surface area contributed by atoms with Gasteiger partial charge in [-0.05, 0) is 37.0 Å². The molecule has 1 unspecified atom stereocenters. The Morgan fingerprint density at radius 2 is 1.33 bits per heavy atom. The number of carbonyl (C=O) groups excluding carboxylic acids is 1. The Bertz CT molecular complexity index is 879. The van der Waals surface area contributed by atoms with E-state index in [1.165, 1.54) is 75.3 Å². The van der Waals surface area contributed by atoms with Crippen LogP contribution in [0.5, 0.6) is 5.75 Å². The summed E-state index contributed by atoms with van der Waals surface area (Å²) < 4.78 is 12.3. The molecule has 0 radical (unpaired) electrons. The van der Waals surface area contributed by atoms with E-state index in [9.17, 15) is 4.79 Å². The standard InChI is InChI=1S/C35H56NO3/c1-5-7-8-9-10-11-12-13-14-16-20-31-23-25-34(26-24-31)38-27-19-28-39-35(37)33(6-2)30-36(3,4)29-32-21-17-15-18-22-32/h15,17-18,21-26,33H,5-14,16,19-20,27-30H2,1-4H3/q+1. The Morgan fingerprint density at radius 3 is 1.95 bits per heavy atom. The third-order valence-corrected chi connectivity index (χ3v) is 7.54. The van der Waals surface area contributed by atoms with Crippen LogP contribution in [0.3, 0.4) is 0 Å². The van der Waals surface area contributed by atoms with Gasteiger partial charge in [0.15, 0.2) is 0 Å². The molecule has 218 valence electrons. The van der Waals surface area contributed by atoms with Crippen molar-refractivity contribution in [3.63, 3.8) is 0 Å². The van der Waals surface area contributed by atoms with Crippen molar-refractivity contribution >= 4 is 5.97 Å². The molecule has 0 N–H and O–H groups in total. The molecule has 0 fully saturated rings.